The van der Waals surface area contributed by atoms with Crippen LogP contribution in [-0.4, -0.2) is 78.3 Å². The van der Waals surface area contributed by atoms with Gasteiger partial charge in [-0.3, -0.25) is 19.8 Å². The maximum absolute atomic E-state index is 12.3. The van der Waals surface area contributed by atoms with Crippen molar-refractivity contribution in [1.29, 1.82) is 0 Å². The fourth-order valence-corrected chi connectivity index (χ4v) is 2.50. The van der Waals surface area contributed by atoms with Gasteiger partial charge in [0.25, 0.3) is 0 Å². The number of carbonyl (C=O) groups is 5. The largest absolute Gasteiger partial charge is 0.453 e. The van der Waals surface area contributed by atoms with E-state index in [4.69, 9.17) is 4.74 Å². The number of rotatable bonds is 4. The molecule has 0 bridgehead atoms. The van der Waals surface area contributed by atoms with Gasteiger partial charge in [-0.1, -0.05) is 0 Å². The normalized spacial score (nSPS) is 16.2. The van der Waals surface area contributed by atoms with Crippen LogP contribution in [0.3, 0.4) is 0 Å². The minimum absolute atomic E-state index is 0.0779. The van der Waals surface area contributed by atoms with Crippen molar-refractivity contribution in [2.45, 2.75) is 51.7 Å². The minimum Gasteiger partial charge on any atom is -0.453 e. The van der Waals surface area contributed by atoms with Gasteiger partial charge < -0.3 is 19.9 Å². The van der Waals surface area contributed by atoms with Gasteiger partial charge in [-0.05, 0) is 33.6 Å². The average Bonchev–Trinajstić information content (AvgIpc) is 3.03. The summed E-state index contributed by atoms with van der Waals surface area (Å²) >= 11 is 0. The van der Waals surface area contributed by atoms with E-state index in [1.54, 1.807) is 34.9 Å². The molecule has 1 aliphatic heterocycles. The van der Waals surface area contributed by atoms with E-state index in [-0.39, 0.29) is 18.9 Å². The van der Waals surface area contributed by atoms with E-state index >= 15 is 0 Å². The number of hydrazine groups is 1. The van der Waals surface area contributed by atoms with Crippen molar-refractivity contribution in [3.8, 4) is 0 Å². The van der Waals surface area contributed by atoms with Crippen molar-refractivity contribution in [2.75, 3.05) is 27.2 Å². The number of hydrogen-bond acceptors (Lipinski definition) is 6. The third-order valence-corrected chi connectivity index (χ3v) is 3.85. The molecule has 158 valence electrons. The van der Waals surface area contributed by atoms with Gasteiger partial charge in [0.1, 0.15) is 5.60 Å². The van der Waals surface area contributed by atoms with Crippen LogP contribution in [0.2, 0.25) is 0 Å². The highest BCUT2D eigenvalue weighted by molar-refractivity contribution is 6.32. The number of nitrogens with one attached hydrogen (secondary N) is 3. The summed E-state index contributed by atoms with van der Waals surface area (Å²) in [6.07, 6.45) is 1.14. The van der Waals surface area contributed by atoms with Crippen LogP contribution in [0.4, 0.5) is 4.79 Å². The van der Waals surface area contributed by atoms with E-state index < -0.39 is 35.5 Å². The molecule has 0 unspecified atom stereocenters. The van der Waals surface area contributed by atoms with Gasteiger partial charge in [0.2, 0.25) is 11.8 Å². The summed E-state index contributed by atoms with van der Waals surface area (Å²) in [7, 11) is 3.10. The quantitative estimate of drug-likeness (QED) is 0.319. The second-order valence-electron chi connectivity index (χ2n) is 7.64. The van der Waals surface area contributed by atoms with Crippen LogP contribution in [-0.2, 0) is 23.9 Å². The molecule has 0 spiro atoms. The second kappa shape index (κ2) is 9.90. The first-order valence-corrected chi connectivity index (χ1v) is 8.97. The second-order valence-corrected chi connectivity index (χ2v) is 7.64. The van der Waals surface area contributed by atoms with Crippen molar-refractivity contribution in [2.24, 2.45) is 0 Å². The van der Waals surface area contributed by atoms with Crippen LogP contribution in [0.15, 0.2) is 0 Å². The lowest BCUT2D eigenvalue weighted by Gasteiger charge is -2.25. The van der Waals surface area contributed by atoms with Gasteiger partial charge in [-0.15, -0.1) is 0 Å². The molecule has 0 aromatic carbocycles. The highest BCUT2D eigenvalue weighted by Crippen LogP contribution is 2.21. The molecule has 0 aromatic rings. The molecule has 1 fully saturated rings. The number of hydrogen-bond donors (Lipinski definition) is 3. The van der Waals surface area contributed by atoms with Crippen LogP contribution in [0.5, 0.6) is 0 Å². The highest BCUT2D eigenvalue weighted by atomic mass is 16.6. The third kappa shape index (κ3) is 7.80. The first-order chi connectivity index (χ1) is 12.9. The predicted octanol–water partition coefficient (Wildman–Crippen LogP) is -0.872. The zero-order chi connectivity index (χ0) is 21.5. The highest BCUT2D eigenvalue weighted by Gasteiger charge is 2.36. The molecule has 1 rings (SSSR count). The number of amides is 5. The summed E-state index contributed by atoms with van der Waals surface area (Å²) in [6.45, 7) is 5.13. The van der Waals surface area contributed by atoms with Crippen LogP contribution < -0.4 is 16.2 Å². The number of esters is 1. The van der Waals surface area contributed by atoms with Gasteiger partial charge in [-0.2, -0.15) is 0 Å². The van der Waals surface area contributed by atoms with Crippen LogP contribution >= 0.6 is 0 Å². The lowest BCUT2D eigenvalue weighted by molar-refractivity contribution is -0.168. The third-order valence-electron chi connectivity index (χ3n) is 3.85. The Morgan fingerprint density at radius 1 is 1.11 bits per heavy atom. The molecule has 28 heavy (non-hydrogen) atoms. The maximum atomic E-state index is 12.3. The molecule has 0 aliphatic carbocycles. The van der Waals surface area contributed by atoms with Gasteiger partial charge in [0.15, 0.2) is 0 Å². The van der Waals surface area contributed by atoms with Gasteiger partial charge >= 0.3 is 17.9 Å². The average molecular weight is 399 g/mol. The Morgan fingerprint density at radius 2 is 1.75 bits per heavy atom. The predicted molar refractivity (Wildman–Crippen MR) is 98.6 cm³/mol. The molecule has 5 amide bonds. The van der Waals surface area contributed by atoms with E-state index in [0.717, 1.165) is 0 Å². The van der Waals surface area contributed by atoms with Gasteiger partial charge in [0, 0.05) is 33.1 Å². The molecule has 0 saturated carbocycles. The van der Waals surface area contributed by atoms with E-state index in [1.165, 1.54) is 9.80 Å². The van der Waals surface area contributed by atoms with E-state index in [0.29, 0.717) is 19.4 Å². The zero-order valence-electron chi connectivity index (χ0n) is 17.0. The summed E-state index contributed by atoms with van der Waals surface area (Å²) in [6, 6.07) is -1.20. The number of ether oxygens (including phenoxy) is 1. The van der Waals surface area contributed by atoms with Gasteiger partial charge in [-0.25, -0.2) is 15.0 Å². The Morgan fingerprint density at radius 3 is 2.32 bits per heavy atom. The number of urea groups is 1. The van der Waals surface area contributed by atoms with E-state index in [2.05, 4.69) is 16.2 Å². The zero-order valence-corrected chi connectivity index (χ0v) is 17.0. The van der Waals surface area contributed by atoms with Crippen LogP contribution in [0.1, 0.15) is 40.0 Å². The minimum atomic E-state index is -0.956. The topological polar surface area (TPSA) is 137 Å². The van der Waals surface area contributed by atoms with Crippen molar-refractivity contribution >= 4 is 29.7 Å². The Kier molecular flexibility index (Phi) is 8.20. The first-order valence-electron chi connectivity index (χ1n) is 8.97. The SMILES string of the molecule is CN(C)C(=O)CNC(=O)NNC(=O)C[C@@H]1CCCN1C(=O)C(=O)OC(C)(C)C. The lowest BCUT2D eigenvalue weighted by Crippen LogP contribution is -2.50. The first kappa shape index (κ1) is 23.2. The number of likely N-dealkylation sites (N-methyl/N-ethyl adjacent to an activating group) is 1. The van der Waals surface area contributed by atoms with Crippen molar-refractivity contribution in [3.63, 3.8) is 0 Å². The molecular weight excluding hydrogens is 370 g/mol. The Bertz CT molecular complexity index is 628. The van der Waals surface area contributed by atoms with Gasteiger partial charge in [0.05, 0.1) is 6.54 Å². The molecule has 0 aromatic heterocycles. The number of nitrogens with zero attached hydrogens (tertiary/aromatic N) is 2. The van der Waals surface area contributed by atoms with Crippen LogP contribution in [0, 0.1) is 0 Å². The molecule has 1 atom stereocenters. The Labute approximate surface area is 164 Å². The molecular formula is C17H29N5O6. The summed E-state index contributed by atoms with van der Waals surface area (Å²) < 4.78 is 5.08. The lowest BCUT2D eigenvalue weighted by atomic mass is 10.1. The standard InChI is InChI=1S/C17H29N5O6/c1-17(2,3)28-15(26)14(25)22-8-6-7-11(22)9-12(23)19-20-16(27)18-10-13(24)21(4)5/h11H,6-10H2,1-5H3,(H,19,23)(H2,18,20,27)/t11-/m0/s1. The summed E-state index contributed by atoms with van der Waals surface area (Å²) in [5.41, 5.74) is 3.56. The van der Waals surface area contributed by atoms with Crippen molar-refractivity contribution < 1.29 is 28.7 Å². The Balaban J connectivity index is 2.46. The molecule has 11 nitrogen and oxygen atoms in total. The fourth-order valence-electron chi connectivity index (χ4n) is 2.50. The fraction of sp³-hybridized carbons (Fsp3) is 0.706. The Hall–Kier alpha value is -2.85. The summed E-state index contributed by atoms with van der Waals surface area (Å²) in [5.74, 6) is -2.56. The molecule has 0 radical (unpaired) electrons. The van der Waals surface area contributed by atoms with Crippen molar-refractivity contribution in [1.82, 2.24) is 26.0 Å². The summed E-state index contributed by atoms with van der Waals surface area (Å²) in [5, 5.41) is 2.29. The maximum Gasteiger partial charge on any atom is 0.397 e. The van der Waals surface area contributed by atoms with E-state index in [1.807, 2.05) is 0 Å². The summed E-state index contributed by atoms with van der Waals surface area (Å²) in [4.78, 5) is 61.9. The number of likely N-dealkylation sites (tertiary alicyclic amines) is 1. The smallest absolute Gasteiger partial charge is 0.397 e. The van der Waals surface area contributed by atoms with E-state index in [9.17, 15) is 24.0 Å². The molecule has 11 heteroatoms. The molecule has 1 heterocycles. The monoisotopic (exact) mass is 399 g/mol. The molecule has 1 saturated heterocycles. The molecule has 1 aliphatic rings. The van der Waals surface area contributed by atoms with Crippen LogP contribution in [0.25, 0.3) is 0 Å². The van der Waals surface area contributed by atoms with Crippen molar-refractivity contribution in [3.05, 3.63) is 0 Å². The molecule has 3 N–H and O–H groups in total. The number of carbonyl (C=O) groups excluding carboxylic acids is 5.